The maximum atomic E-state index is 12.6. The summed E-state index contributed by atoms with van der Waals surface area (Å²) in [6, 6.07) is 2.19. The molecular weight excluding hydrogens is 374 g/mol. The molecule has 2 N–H and O–H groups in total. The van der Waals surface area contributed by atoms with Gasteiger partial charge in [-0.05, 0) is 12.1 Å². The third kappa shape index (κ3) is 1.85. The standard InChI is InChI=1S/C14H4Cl4O4/c15-9-7-8(10(16)12(18)11(9)17)14(22)6-4(20)2-1-3(19)5(6)13(7)21/h1-2,19-20H. The van der Waals surface area contributed by atoms with Gasteiger partial charge in [-0.1, -0.05) is 46.4 Å². The summed E-state index contributed by atoms with van der Waals surface area (Å²) in [5.74, 6) is -2.47. The van der Waals surface area contributed by atoms with Crippen molar-refractivity contribution in [1.82, 2.24) is 0 Å². The highest BCUT2D eigenvalue weighted by atomic mass is 35.5. The molecule has 112 valence electrons. The van der Waals surface area contributed by atoms with Gasteiger partial charge in [0.05, 0.1) is 42.3 Å². The second kappa shape index (κ2) is 5.03. The van der Waals surface area contributed by atoms with Crippen LogP contribution in [-0.2, 0) is 0 Å². The van der Waals surface area contributed by atoms with E-state index in [2.05, 4.69) is 0 Å². The first-order chi connectivity index (χ1) is 10.3. The number of fused-ring (bicyclic) bond motifs is 2. The average Bonchev–Trinajstić information content (AvgIpc) is 2.48. The molecule has 8 heteroatoms. The Labute approximate surface area is 143 Å². The fourth-order valence-electron chi connectivity index (χ4n) is 2.35. The number of halogens is 4. The van der Waals surface area contributed by atoms with E-state index in [-0.39, 0.29) is 42.3 Å². The minimum Gasteiger partial charge on any atom is -0.507 e. The van der Waals surface area contributed by atoms with Gasteiger partial charge in [0, 0.05) is 0 Å². The summed E-state index contributed by atoms with van der Waals surface area (Å²) in [6.07, 6.45) is 0. The lowest BCUT2D eigenvalue weighted by molar-refractivity contribution is 0.0974. The molecule has 22 heavy (non-hydrogen) atoms. The van der Waals surface area contributed by atoms with Crippen molar-refractivity contribution >= 4 is 58.0 Å². The third-order valence-electron chi connectivity index (χ3n) is 3.34. The molecule has 0 aliphatic heterocycles. The van der Waals surface area contributed by atoms with E-state index in [1.54, 1.807) is 0 Å². The maximum absolute atomic E-state index is 12.6. The number of hydrogen-bond donors (Lipinski definition) is 2. The largest absolute Gasteiger partial charge is 0.507 e. The number of carbonyl (C=O) groups excluding carboxylic acids is 2. The van der Waals surface area contributed by atoms with E-state index in [4.69, 9.17) is 46.4 Å². The minimum atomic E-state index is -0.775. The van der Waals surface area contributed by atoms with Gasteiger partial charge in [-0.15, -0.1) is 0 Å². The van der Waals surface area contributed by atoms with Gasteiger partial charge in [0.15, 0.2) is 11.6 Å². The van der Waals surface area contributed by atoms with E-state index >= 15 is 0 Å². The molecule has 0 bridgehead atoms. The molecule has 0 aromatic heterocycles. The molecule has 0 heterocycles. The van der Waals surface area contributed by atoms with Crippen LogP contribution < -0.4 is 0 Å². The third-order valence-corrected chi connectivity index (χ3v) is 5.14. The van der Waals surface area contributed by atoms with E-state index in [0.29, 0.717) is 0 Å². The summed E-state index contributed by atoms with van der Waals surface area (Å²) in [5.41, 5.74) is -1.21. The highest BCUT2D eigenvalue weighted by Crippen LogP contribution is 2.47. The molecule has 4 nitrogen and oxygen atoms in total. The molecular formula is C14H4Cl4O4. The summed E-state index contributed by atoms with van der Waals surface area (Å²) >= 11 is 23.8. The molecule has 3 rings (SSSR count). The SMILES string of the molecule is O=C1c2c(O)ccc(O)c2C(=O)c2c(Cl)c(Cl)c(Cl)c(Cl)c21. The number of ketones is 2. The fourth-order valence-corrected chi connectivity index (χ4v) is 3.37. The monoisotopic (exact) mass is 376 g/mol. The van der Waals surface area contributed by atoms with Crippen molar-refractivity contribution in [3.63, 3.8) is 0 Å². The molecule has 0 spiro atoms. The van der Waals surface area contributed by atoms with Crippen molar-refractivity contribution in [2.24, 2.45) is 0 Å². The molecule has 2 aromatic carbocycles. The van der Waals surface area contributed by atoms with E-state index < -0.39 is 23.1 Å². The van der Waals surface area contributed by atoms with Crippen molar-refractivity contribution in [1.29, 1.82) is 0 Å². The van der Waals surface area contributed by atoms with Crippen LogP contribution in [0.25, 0.3) is 0 Å². The van der Waals surface area contributed by atoms with Crippen LogP contribution in [0, 0.1) is 0 Å². The van der Waals surface area contributed by atoms with E-state index in [9.17, 15) is 19.8 Å². The Kier molecular flexibility index (Phi) is 3.53. The Bertz CT molecular complexity index is 817. The van der Waals surface area contributed by atoms with Crippen LogP contribution in [0.2, 0.25) is 20.1 Å². The Balaban J connectivity index is 2.50. The van der Waals surface area contributed by atoms with E-state index in [1.165, 1.54) is 0 Å². The molecule has 0 saturated carbocycles. The first-order valence-electron chi connectivity index (χ1n) is 5.77. The van der Waals surface area contributed by atoms with E-state index in [1.807, 2.05) is 0 Å². The number of phenolic OH excluding ortho intramolecular Hbond substituents is 2. The van der Waals surface area contributed by atoms with Crippen LogP contribution in [0.4, 0.5) is 0 Å². The predicted molar refractivity (Wildman–Crippen MR) is 83.1 cm³/mol. The van der Waals surface area contributed by atoms with Gasteiger partial charge in [-0.2, -0.15) is 0 Å². The van der Waals surface area contributed by atoms with Crippen molar-refractivity contribution in [3.8, 4) is 11.5 Å². The first-order valence-corrected chi connectivity index (χ1v) is 7.28. The lowest BCUT2D eigenvalue weighted by Gasteiger charge is -2.22. The molecule has 0 radical (unpaired) electrons. The number of hydrogen-bond acceptors (Lipinski definition) is 4. The quantitative estimate of drug-likeness (QED) is 0.344. The first kappa shape index (κ1) is 15.4. The molecule has 0 fully saturated rings. The molecule has 2 aromatic rings. The normalized spacial score (nSPS) is 13.1. The number of phenols is 2. The van der Waals surface area contributed by atoms with Crippen LogP contribution in [-0.4, -0.2) is 21.8 Å². The minimum absolute atomic E-state index is 0.170. The van der Waals surface area contributed by atoms with Gasteiger partial charge in [-0.25, -0.2) is 0 Å². The smallest absolute Gasteiger partial charge is 0.199 e. The van der Waals surface area contributed by atoms with Gasteiger partial charge in [0.1, 0.15) is 11.5 Å². The van der Waals surface area contributed by atoms with E-state index in [0.717, 1.165) is 12.1 Å². The number of carbonyl (C=O) groups is 2. The molecule has 1 aliphatic rings. The Morgan fingerprint density at radius 2 is 0.909 bits per heavy atom. The average molecular weight is 378 g/mol. The molecule has 0 unspecified atom stereocenters. The predicted octanol–water partition coefficient (Wildman–Crippen LogP) is 4.49. The second-order valence-electron chi connectivity index (χ2n) is 4.52. The summed E-state index contributed by atoms with van der Waals surface area (Å²) < 4.78 is 0. The van der Waals surface area contributed by atoms with Gasteiger partial charge in [-0.3, -0.25) is 9.59 Å². The summed E-state index contributed by atoms with van der Waals surface area (Å²) in [7, 11) is 0. The highest BCUT2D eigenvalue weighted by molar-refractivity contribution is 6.55. The lowest BCUT2D eigenvalue weighted by atomic mass is 9.83. The van der Waals surface area contributed by atoms with Crippen LogP contribution in [0.3, 0.4) is 0 Å². The number of aromatic hydroxyl groups is 2. The summed E-state index contributed by atoms with van der Waals surface area (Å²) in [5, 5.41) is 18.9. The van der Waals surface area contributed by atoms with Crippen molar-refractivity contribution < 1.29 is 19.8 Å². The summed E-state index contributed by atoms with van der Waals surface area (Å²) in [6.45, 7) is 0. The Morgan fingerprint density at radius 1 is 0.591 bits per heavy atom. The van der Waals surface area contributed by atoms with Crippen LogP contribution in [0.15, 0.2) is 12.1 Å². The van der Waals surface area contributed by atoms with Gasteiger partial charge in [0.2, 0.25) is 0 Å². The van der Waals surface area contributed by atoms with Gasteiger partial charge >= 0.3 is 0 Å². The number of benzene rings is 2. The summed E-state index contributed by atoms with van der Waals surface area (Å²) in [4.78, 5) is 25.2. The van der Waals surface area contributed by atoms with Crippen molar-refractivity contribution in [3.05, 3.63) is 54.5 Å². The zero-order valence-corrected chi connectivity index (χ0v) is 13.4. The van der Waals surface area contributed by atoms with Crippen LogP contribution in [0.5, 0.6) is 11.5 Å². The molecule has 0 amide bonds. The number of rotatable bonds is 0. The molecule has 0 saturated heterocycles. The second-order valence-corrected chi connectivity index (χ2v) is 6.03. The fraction of sp³-hybridized carbons (Fsp3) is 0. The molecule has 1 aliphatic carbocycles. The van der Waals surface area contributed by atoms with Gasteiger partial charge in [0.25, 0.3) is 0 Å². The molecule has 0 atom stereocenters. The zero-order valence-electron chi connectivity index (χ0n) is 10.4. The Morgan fingerprint density at radius 3 is 1.23 bits per heavy atom. The lowest BCUT2D eigenvalue weighted by Crippen LogP contribution is -2.22. The zero-order chi connectivity index (χ0) is 16.3. The Hall–Kier alpha value is -1.46. The van der Waals surface area contributed by atoms with Gasteiger partial charge < -0.3 is 10.2 Å². The van der Waals surface area contributed by atoms with Crippen LogP contribution in [0.1, 0.15) is 31.8 Å². The maximum Gasteiger partial charge on any atom is 0.199 e. The highest BCUT2D eigenvalue weighted by Gasteiger charge is 2.39. The van der Waals surface area contributed by atoms with Crippen molar-refractivity contribution in [2.75, 3.05) is 0 Å². The van der Waals surface area contributed by atoms with Crippen LogP contribution >= 0.6 is 46.4 Å². The van der Waals surface area contributed by atoms with Crippen molar-refractivity contribution in [2.45, 2.75) is 0 Å². The topological polar surface area (TPSA) is 74.6 Å².